The van der Waals surface area contributed by atoms with Crippen LogP contribution in [0, 0.1) is 17.5 Å². The molecular formula is C12H15F3N2. The van der Waals surface area contributed by atoms with E-state index >= 15 is 0 Å². The number of nitrogens with one attached hydrogen (secondary N) is 1. The summed E-state index contributed by atoms with van der Waals surface area (Å²) in [5.41, 5.74) is -0.110. The molecule has 1 aliphatic rings. The Morgan fingerprint density at radius 3 is 2.53 bits per heavy atom. The molecule has 94 valence electrons. The lowest BCUT2D eigenvalue weighted by Gasteiger charge is -2.15. The van der Waals surface area contributed by atoms with Gasteiger partial charge in [-0.15, -0.1) is 0 Å². The second-order valence-electron chi connectivity index (χ2n) is 4.22. The van der Waals surface area contributed by atoms with E-state index in [-0.39, 0.29) is 5.69 Å². The molecule has 0 spiro atoms. The van der Waals surface area contributed by atoms with E-state index in [1.807, 2.05) is 0 Å². The second-order valence-corrected chi connectivity index (χ2v) is 4.22. The van der Waals surface area contributed by atoms with Gasteiger partial charge in [0.25, 0.3) is 0 Å². The molecule has 0 amide bonds. The first-order valence-corrected chi connectivity index (χ1v) is 5.77. The molecule has 1 fully saturated rings. The average molecular weight is 244 g/mol. The molecule has 1 aromatic rings. The summed E-state index contributed by atoms with van der Waals surface area (Å²) in [4.78, 5) is 2.24. The Morgan fingerprint density at radius 1 is 1.12 bits per heavy atom. The highest BCUT2D eigenvalue weighted by molar-refractivity contribution is 5.45. The summed E-state index contributed by atoms with van der Waals surface area (Å²) < 4.78 is 39.0. The molecule has 2 nitrogen and oxygen atoms in total. The zero-order valence-corrected chi connectivity index (χ0v) is 9.48. The molecule has 0 saturated carbocycles. The lowest BCUT2D eigenvalue weighted by molar-refractivity contribution is 0.352. The minimum Gasteiger partial charge on any atom is -0.381 e. The van der Waals surface area contributed by atoms with Crippen molar-refractivity contribution in [1.29, 1.82) is 0 Å². The van der Waals surface area contributed by atoms with Crippen LogP contribution in [0.4, 0.5) is 18.9 Å². The fourth-order valence-electron chi connectivity index (χ4n) is 2.04. The molecule has 17 heavy (non-hydrogen) atoms. The van der Waals surface area contributed by atoms with E-state index in [1.165, 1.54) is 12.8 Å². The van der Waals surface area contributed by atoms with Gasteiger partial charge in [0.1, 0.15) is 5.82 Å². The van der Waals surface area contributed by atoms with Crippen LogP contribution >= 0.6 is 0 Å². The molecule has 0 unspecified atom stereocenters. The molecule has 1 aromatic carbocycles. The summed E-state index contributed by atoms with van der Waals surface area (Å²) >= 11 is 0. The molecular weight excluding hydrogens is 229 g/mol. The number of rotatable bonds is 4. The largest absolute Gasteiger partial charge is 0.381 e. The zero-order valence-electron chi connectivity index (χ0n) is 9.48. The van der Waals surface area contributed by atoms with E-state index in [0.29, 0.717) is 12.6 Å². The van der Waals surface area contributed by atoms with E-state index in [4.69, 9.17) is 0 Å². The summed E-state index contributed by atoms with van der Waals surface area (Å²) in [6.45, 7) is 3.33. The van der Waals surface area contributed by atoms with Crippen molar-refractivity contribution in [2.45, 2.75) is 12.8 Å². The van der Waals surface area contributed by atoms with Crippen LogP contribution in [-0.4, -0.2) is 31.1 Å². The summed E-state index contributed by atoms with van der Waals surface area (Å²) in [7, 11) is 0. The predicted octanol–water partition coefficient (Wildman–Crippen LogP) is 2.61. The predicted molar refractivity (Wildman–Crippen MR) is 60.5 cm³/mol. The fraction of sp³-hybridized carbons (Fsp3) is 0.500. The summed E-state index contributed by atoms with van der Waals surface area (Å²) in [5.74, 6) is -2.95. The highest BCUT2D eigenvalue weighted by Gasteiger charge is 2.13. The SMILES string of the molecule is Fc1cc(F)c(F)c(NCCN2CCCC2)c1. The third-order valence-electron chi connectivity index (χ3n) is 2.94. The molecule has 0 bridgehead atoms. The Labute approximate surface area is 98.4 Å². The van der Waals surface area contributed by atoms with Gasteiger partial charge in [0.05, 0.1) is 5.69 Å². The number of hydrogen-bond acceptors (Lipinski definition) is 2. The van der Waals surface area contributed by atoms with Crippen LogP contribution in [0.5, 0.6) is 0 Å². The molecule has 1 heterocycles. The average Bonchev–Trinajstić information content (AvgIpc) is 2.78. The van der Waals surface area contributed by atoms with Gasteiger partial charge >= 0.3 is 0 Å². The molecule has 0 radical (unpaired) electrons. The topological polar surface area (TPSA) is 15.3 Å². The standard InChI is InChI=1S/C12H15F3N2/c13-9-7-10(14)12(15)11(8-9)16-3-6-17-4-1-2-5-17/h7-8,16H,1-6H2. The summed E-state index contributed by atoms with van der Waals surface area (Å²) in [6, 6.07) is 1.52. The Hall–Kier alpha value is -1.23. The van der Waals surface area contributed by atoms with Crippen LogP contribution in [0.25, 0.3) is 0 Å². The van der Waals surface area contributed by atoms with Gasteiger partial charge in [-0.2, -0.15) is 0 Å². The smallest absolute Gasteiger partial charge is 0.182 e. The number of benzene rings is 1. The van der Waals surface area contributed by atoms with Gasteiger partial charge in [-0.05, 0) is 25.9 Å². The van der Waals surface area contributed by atoms with Crippen LogP contribution in [0.3, 0.4) is 0 Å². The van der Waals surface area contributed by atoms with Crippen molar-refractivity contribution in [3.05, 3.63) is 29.6 Å². The van der Waals surface area contributed by atoms with Crippen molar-refractivity contribution in [3.8, 4) is 0 Å². The summed E-state index contributed by atoms with van der Waals surface area (Å²) in [6.07, 6.45) is 2.37. The van der Waals surface area contributed by atoms with Crippen LogP contribution in [0.15, 0.2) is 12.1 Å². The third kappa shape index (κ3) is 3.12. The number of likely N-dealkylation sites (tertiary alicyclic amines) is 1. The van der Waals surface area contributed by atoms with Crippen molar-refractivity contribution in [3.63, 3.8) is 0 Å². The Bertz CT molecular complexity index is 390. The number of nitrogens with zero attached hydrogens (tertiary/aromatic N) is 1. The van der Waals surface area contributed by atoms with Crippen LogP contribution in [0.2, 0.25) is 0 Å². The molecule has 2 rings (SSSR count). The lowest BCUT2D eigenvalue weighted by atomic mass is 10.3. The van der Waals surface area contributed by atoms with E-state index in [0.717, 1.165) is 25.7 Å². The van der Waals surface area contributed by atoms with E-state index in [2.05, 4.69) is 10.2 Å². The molecule has 1 aliphatic heterocycles. The van der Waals surface area contributed by atoms with Gasteiger partial charge < -0.3 is 10.2 Å². The van der Waals surface area contributed by atoms with Crippen LogP contribution in [0.1, 0.15) is 12.8 Å². The Morgan fingerprint density at radius 2 is 1.82 bits per heavy atom. The van der Waals surface area contributed by atoms with E-state index in [9.17, 15) is 13.2 Å². The maximum absolute atomic E-state index is 13.3. The molecule has 0 aromatic heterocycles. The van der Waals surface area contributed by atoms with Crippen molar-refractivity contribution in [2.24, 2.45) is 0 Å². The maximum atomic E-state index is 13.3. The third-order valence-corrected chi connectivity index (χ3v) is 2.94. The van der Waals surface area contributed by atoms with Crippen LogP contribution in [-0.2, 0) is 0 Å². The van der Waals surface area contributed by atoms with Crippen molar-refractivity contribution in [1.82, 2.24) is 4.90 Å². The first-order valence-electron chi connectivity index (χ1n) is 5.77. The van der Waals surface area contributed by atoms with Gasteiger partial charge in [-0.1, -0.05) is 0 Å². The highest BCUT2D eigenvalue weighted by atomic mass is 19.2. The highest BCUT2D eigenvalue weighted by Crippen LogP contribution is 2.19. The monoisotopic (exact) mass is 244 g/mol. The minimum atomic E-state index is -1.16. The number of anilines is 1. The zero-order chi connectivity index (χ0) is 12.3. The molecule has 1 N–H and O–H groups in total. The fourth-order valence-corrected chi connectivity index (χ4v) is 2.04. The quantitative estimate of drug-likeness (QED) is 0.819. The summed E-state index contributed by atoms with van der Waals surface area (Å²) in [5, 5.41) is 2.72. The van der Waals surface area contributed by atoms with Gasteiger partial charge in [0.2, 0.25) is 0 Å². The van der Waals surface area contributed by atoms with Gasteiger partial charge in [0, 0.05) is 25.2 Å². The van der Waals surface area contributed by atoms with Gasteiger partial charge in [-0.25, -0.2) is 13.2 Å². The van der Waals surface area contributed by atoms with E-state index < -0.39 is 17.5 Å². The molecule has 5 heteroatoms. The molecule has 0 aliphatic carbocycles. The first kappa shape index (κ1) is 12.2. The van der Waals surface area contributed by atoms with Crippen molar-refractivity contribution < 1.29 is 13.2 Å². The number of hydrogen-bond donors (Lipinski definition) is 1. The van der Waals surface area contributed by atoms with Crippen molar-refractivity contribution >= 4 is 5.69 Å². The Balaban J connectivity index is 1.89. The van der Waals surface area contributed by atoms with E-state index in [1.54, 1.807) is 0 Å². The Kier molecular flexibility index (Phi) is 3.89. The molecule has 1 saturated heterocycles. The lowest BCUT2D eigenvalue weighted by Crippen LogP contribution is -2.26. The molecule has 0 atom stereocenters. The van der Waals surface area contributed by atoms with Gasteiger partial charge in [0.15, 0.2) is 11.6 Å². The minimum absolute atomic E-state index is 0.110. The maximum Gasteiger partial charge on any atom is 0.182 e. The van der Waals surface area contributed by atoms with Gasteiger partial charge in [-0.3, -0.25) is 0 Å². The van der Waals surface area contributed by atoms with Crippen molar-refractivity contribution in [2.75, 3.05) is 31.5 Å². The first-order chi connectivity index (χ1) is 8.16. The normalized spacial score (nSPS) is 16.4. The van der Waals surface area contributed by atoms with Crippen LogP contribution < -0.4 is 5.32 Å². The second kappa shape index (κ2) is 5.40. The number of halogens is 3.